The zero-order valence-corrected chi connectivity index (χ0v) is 16.3. The molecule has 0 aliphatic heterocycles. The Labute approximate surface area is 161 Å². The zero-order valence-electron chi connectivity index (χ0n) is 15.5. The number of thioether (sulfide) groups is 1. The molecule has 0 aromatic heterocycles. The summed E-state index contributed by atoms with van der Waals surface area (Å²) >= 11 is 1.00. The van der Waals surface area contributed by atoms with Crippen LogP contribution in [0.5, 0.6) is 0 Å². The molecule has 0 bridgehead atoms. The number of rotatable bonds is 12. The van der Waals surface area contributed by atoms with Gasteiger partial charge >= 0.3 is 0 Å². The van der Waals surface area contributed by atoms with Gasteiger partial charge in [0, 0.05) is 12.6 Å². The van der Waals surface area contributed by atoms with Crippen LogP contribution < -0.4 is 5.32 Å². The van der Waals surface area contributed by atoms with Gasteiger partial charge in [-0.05, 0) is 23.5 Å². The first-order chi connectivity index (χ1) is 12.7. The number of allylic oxidation sites excluding steroid dienone is 2. The van der Waals surface area contributed by atoms with Gasteiger partial charge in [-0.15, -0.1) is 0 Å². The van der Waals surface area contributed by atoms with Crippen LogP contribution in [0.3, 0.4) is 0 Å². The Bertz CT molecular complexity index is 606. The van der Waals surface area contributed by atoms with Crippen LogP contribution in [0, 0.1) is 0 Å². The molecule has 0 fully saturated rings. The van der Waals surface area contributed by atoms with Crippen molar-refractivity contribution in [3.8, 4) is 0 Å². The van der Waals surface area contributed by atoms with Gasteiger partial charge in [0.1, 0.15) is 0 Å². The Hall–Kier alpha value is -2.07. The average molecular weight is 372 g/mol. The molecule has 140 valence electrons. The Morgan fingerprint density at radius 3 is 2.46 bits per heavy atom. The van der Waals surface area contributed by atoms with Gasteiger partial charge in [-0.3, -0.25) is 9.59 Å². The molecule has 0 radical (unpaired) electrons. The van der Waals surface area contributed by atoms with E-state index in [1.165, 1.54) is 43.2 Å². The highest BCUT2D eigenvalue weighted by Crippen LogP contribution is 2.06. The highest BCUT2D eigenvalue weighted by molar-refractivity contribution is 8.16. The standard InChI is InChI=1S/C22H29NO2S/c1-2-3-4-5-6-12-18-23-21(24)17-19-26-22(25)16-11-10-15-20-13-8-7-9-14-20/h7-11,13-17,19H,2-6,12,18H2,1H3,(H,23,24)/b15-10+,16-11+,19-17-. The summed E-state index contributed by atoms with van der Waals surface area (Å²) in [6, 6.07) is 9.88. The lowest BCUT2D eigenvalue weighted by Gasteiger charge is -2.02. The molecule has 1 N–H and O–H groups in total. The van der Waals surface area contributed by atoms with Crippen molar-refractivity contribution in [1.29, 1.82) is 0 Å². The number of carbonyl (C=O) groups is 2. The summed E-state index contributed by atoms with van der Waals surface area (Å²) in [6.07, 6.45) is 15.6. The predicted octanol–water partition coefficient (Wildman–Crippen LogP) is 5.51. The second kappa shape index (κ2) is 15.2. The van der Waals surface area contributed by atoms with Gasteiger partial charge in [-0.1, -0.05) is 99.3 Å². The first-order valence-electron chi connectivity index (χ1n) is 9.27. The largest absolute Gasteiger partial charge is 0.353 e. The SMILES string of the molecule is CCCCCCCCNC(=O)/C=C\SC(=O)/C=C/C=C/c1ccccc1. The summed E-state index contributed by atoms with van der Waals surface area (Å²) in [5.74, 6) is -0.146. The summed E-state index contributed by atoms with van der Waals surface area (Å²) in [7, 11) is 0. The third-order valence-electron chi connectivity index (χ3n) is 3.66. The van der Waals surface area contributed by atoms with Crippen LogP contribution in [-0.2, 0) is 9.59 Å². The third kappa shape index (κ3) is 12.3. The van der Waals surface area contributed by atoms with Gasteiger partial charge in [0.05, 0.1) is 0 Å². The summed E-state index contributed by atoms with van der Waals surface area (Å²) in [6.45, 7) is 2.89. The number of hydrogen-bond donors (Lipinski definition) is 1. The molecule has 0 unspecified atom stereocenters. The van der Waals surface area contributed by atoms with E-state index in [0.29, 0.717) is 6.54 Å². The van der Waals surface area contributed by atoms with E-state index in [-0.39, 0.29) is 11.0 Å². The van der Waals surface area contributed by atoms with Crippen LogP contribution in [0.2, 0.25) is 0 Å². The van der Waals surface area contributed by atoms with E-state index in [1.54, 1.807) is 6.08 Å². The summed E-state index contributed by atoms with van der Waals surface area (Å²) in [5, 5.41) is 4.26. The number of benzene rings is 1. The molecule has 1 amide bonds. The molecule has 0 atom stereocenters. The fourth-order valence-electron chi connectivity index (χ4n) is 2.24. The van der Waals surface area contributed by atoms with Crippen molar-refractivity contribution in [1.82, 2.24) is 5.32 Å². The molecule has 3 nitrogen and oxygen atoms in total. The van der Waals surface area contributed by atoms with Gasteiger partial charge in [-0.25, -0.2) is 0 Å². The fourth-order valence-corrected chi connectivity index (χ4v) is 2.73. The maximum Gasteiger partial charge on any atom is 0.244 e. The van der Waals surface area contributed by atoms with Crippen molar-refractivity contribution in [3.63, 3.8) is 0 Å². The minimum absolute atomic E-state index is 0.109. The van der Waals surface area contributed by atoms with Crippen molar-refractivity contribution in [2.75, 3.05) is 6.54 Å². The average Bonchev–Trinajstić information content (AvgIpc) is 2.65. The molecule has 0 saturated heterocycles. The molecule has 0 saturated carbocycles. The summed E-state index contributed by atoms with van der Waals surface area (Å²) in [5.41, 5.74) is 1.08. The van der Waals surface area contributed by atoms with E-state index in [1.807, 2.05) is 42.5 Å². The summed E-state index contributed by atoms with van der Waals surface area (Å²) in [4.78, 5) is 23.3. The Morgan fingerprint density at radius 2 is 1.69 bits per heavy atom. The van der Waals surface area contributed by atoms with Gasteiger partial charge in [-0.2, -0.15) is 0 Å². The molecule has 0 heterocycles. The number of carbonyl (C=O) groups excluding carboxylic acids is 2. The minimum Gasteiger partial charge on any atom is -0.353 e. The highest BCUT2D eigenvalue weighted by atomic mass is 32.2. The first kappa shape index (κ1) is 22.0. The van der Waals surface area contributed by atoms with Crippen molar-refractivity contribution in [3.05, 3.63) is 65.6 Å². The Morgan fingerprint density at radius 1 is 0.962 bits per heavy atom. The molecule has 0 aliphatic carbocycles. The van der Waals surface area contributed by atoms with E-state index in [9.17, 15) is 9.59 Å². The molecule has 1 rings (SSSR count). The second-order valence-corrected chi connectivity index (χ2v) is 6.84. The zero-order chi connectivity index (χ0) is 18.9. The van der Waals surface area contributed by atoms with Crippen molar-refractivity contribution < 1.29 is 9.59 Å². The van der Waals surface area contributed by atoms with Gasteiger partial charge < -0.3 is 5.32 Å². The quantitative estimate of drug-likeness (QED) is 0.299. The van der Waals surface area contributed by atoms with Gasteiger partial charge in [0.25, 0.3) is 0 Å². The lowest BCUT2D eigenvalue weighted by molar-refractivity contribution is -0.116. The summed E-state index contributed by atoms with van der Waals surface area (Å²) < 4.78 is 0. The number of hydrogen-bond acceptors (Lipinski definition) is 3. The highest BCUT2D eigenvalue weighted by Gasteiger charge is 1.97. The maximum atomic E-state index is 11.7. The lowest BCUT2D eigenvalue weighted by atomic mass is 10.1. The lowest BCUT2D eigenvalue weighted by Crippen LogP contribution is -2.21. The maximum absolute atomic E-state index is 11.7. The molecule has 0 spiro atoms. The normalized spacial score (nSPS) is 11.6. The minimum atomic E-state index is -0.146. The van der Waals surface area contributed by atoms with E-state index in [0.717, 1.165) is 30.2 Å². The molecular formula is C22H29NO2S. The van der Waals surface area contributed by atoms with Gasteiger partial charge in [0.15, 0.2) is 0 Å². The first-order valence-corrected chi connectivity index (χ1v) is 10.1. The second-order valence-electron chi connectivity index (χ2n) is 5.93. The number of amides is 1. The van der Waals surface area contributed by atoms with E-state index in [2.05, 4.69) is 12.2 Å². The van der Waals surface area contributed by atoms with Crippen LogP contribution in [0.15, 0.2) is 60.0 Å². The van der Waals surface area contributed by atoms with Crippen molar-refractivity contribution >= 4 is 28.9 Å². The molecule has 26 heavy (non-hydrogen) atoms. The van der Waals surface area contributed by atoms with Crippen molar-refractivity contribution in [2.24, 2.45) is 0 Å². The Kier molecular flexibility index (Phi) is 12.8. The smallest absolute Gasteiger partial charge is 0.244 e. The molecule has 0 aliphatic rings. The van der Waals surface area contributed by atoms with Crippen LogP contribution in [0.1, 0.15) is 51.0 Å². The number of unbranched alkanes of at least 4 members (excludes halogenated alkanes) is 5. The van der Waals surface area contributed by atoms with Crippen LogP contribution >= 0.6 is 11.8 Å². The Balaban J connectivity index is 2.12. The molecule has 4 heteroatoms. The topological polar surface area (TPSA) is 46.2 Å². The van der Waals surface area contributed by atoms with Crippen LogP contribution in [0.25, 0.3) is 6.08 Å². The van der Waals surface area contributed by atoms with Gasteiger partial charge in [0.2, 0.25) is 11.0 Å². The van der Waals surface area contributed by atoms with E-state index in [4.69, 9.17) is 0 Å². The third-order valence-corrected chi connectivity index (χ3v) is 4.31. The molecule has 1 aromatic rings. The van der Waals surface area contributed by atoms with Crippen LogP contribution in [-0.4, -0.2) is 17.6 Å². The van der Waals surface area contributed by atoms with E-state index < -0.39 is 0 Å². The molecular weight excluding hydrogens is 342 g/mol. The van der Waals surface area contributed by atoms with Crippen LogP contribution in [0.4, 0.5) is 0 Å². The predicted molar refractivity (Wildman–Crippen MR) is 113 cm³/mol. The fraction of sp³-hybridized carbons (Fsp3) is 0.364. The monoisotopic (exact) mass is 371 g/mol. The van der Waals surface area contributed by atoms with Crippen molar-refractivity contribution in [2.45, 2.75) is 45.4 Å². The number of nitrogens with one attached hydrogen (secondary N) is 1. The van der Waals surface area contributed by atoms with E-state index >= 15 is 0 Å². The molecule has 1 aromatic carbocycles.